The van der Waals surface area contributed by atoms with Crippen LogP contribution in [0.15, 0.2) is 53.4 Å². The summed E-state index contributed by atoms with van der Waals surface area (Å²) in [6.45, 7) is 1.31. The van der Waals surface area contributed by atoms with Gasteiger partial charge in [-0.1, -0.05) is 24.3 Å². The van der Waals surface area contributed by atoms with Crippen molar-refractivity contribution in [1.82, 2.24) is 0 Å². The Labute approximate surface area is 155 Å². The normalized spacial score (nSPS) is 13.1. The number of fused-ring (bicyclic) bond motifs is 1. The number of amides is 2. The molecule has 1 heterocycles. The van der Waals surface area contributed by atoms with Crippen LogP contribution >= 0.6 is 11.8 Å². The predicted octanol–water partition coefficient (Wildman–Crippen LogP) is 2.62. The van der Waals surface area contributed by atoms with Gasteiger partial charge < -0.3 is 10.1 Å². The van der Waals surface area contributed by atoms with E-state index >= 15 is 0 Å². The van der Waals surface area contributed by atoms with E-state index in [1.807, 2.05) is 43.3 Å². The van der Waals surface area contributed by atoms with E-state index in [1.165, 1.54) is 16.7 Å². The molecule has 0 radical (unpaired) electrons. The number of benzene rings is 2. The lowest BCUT2D eigenvalue weighted by atomic mass is 10.2. The number of ether oxygens (including phenoxy) is 1. The number of nitrogens with one attached hydrogen (secondary N) is 1. The van der Waals surface area contributed by atoms with Crippen LogP contribution in [0, 0.1) is 6.92 Å². The summed E-state index contributed by atoms with van der Waals surface area (Å²) in [4.78, 5) is 38.4. The van der Waals surface area contributed by atoms with Crippen LogP contribution in [0.2, 0.25) is 0 Å². The number of carbonyl (C=O) groups is 3. The highest BCUT2D eigenvalue weighted by Crippen LogP contribution is 2.34. The van der Waals surface area contributed by atoms with Crippen LogP contribution in [0.3, 0.4) is 0 Å². The third-order valence-corrected chi connectivity index (χ3v) is 4.81. The molecule has 2 aromatic carbocycles. The molecule has 0 aromatic heterocycles. The maximum Gasteiger partial charge on any atom is 0.326 e. The quantitative estimate of drug-likeness (QED) is 0.819. The van der Waals surface area contributed by atoms with Crippen LogP contribution in [-0.2, 0) is 19.1 Å². The molecule has 0 fully saturated rings. The van der Waals surface area contributed by atoms with Gasteiger partial charge in [0.15, 0.2) is 6.61 Å². The first-order chi connectivity index (χ1) is 12.5. The molecule has 0 aliphatic carbocycles. The molecule has 26 heavy (non-hydrogen) atoms. The van der Waals surface area contributed by atoms with Crippen LogP contribution < -0.4 is 10.2 Å². The van der Waals surface area contributed by atoms with Gasteiger partial charge in [-0.2, -0.15) is 0 Å². The van der Waals surface area contributed by atoms with E-state index in [9.17, 15) is 14.4 Å². The van der Waals surface area contributed by atoms with Crippen molar-refractivity contribution in [3.05, 3.63) is 54.1 Å². The van der Waals surface area contributed by atoms with Gasteiger partial charge in [0.1, 0.15) is 6.54 Å². The molecule has 6 nitrogen and oxygen atoms in total. The highest BCUT2D eigenvalue weighted by Gasteiger charge is 2.26. The fourth-order valence-electron chi connectivity index (χ4n) is 2.57. The van der Waals surface area contributed by atoms with Crippen molar-refractivity contribution in [2.75, 3.05) is 29.1 Å². The molecule has 0 bridgehead atoms. The molecule has 1 aliphatic heterocycles. The van der Waals surface area contributed by atoms with E-state index in [0.717, 1.165) is 10.5 Å². The number of hydrogen-bond donors (Lipinski definition) is 1. The summed E-state index contributed by atoms with van der Waals surface area (Å²) in [7, 11) is 0. The molecular weight excluding hydrogens is 352 g/mol. The van der Waals surface area contributed by atoms with Crippen LogP contribution in [0.5, 0.6) is 0 Å². The molecule has 2 amide bonds. The first-order valence-corrected chi connectivity index (χ1v) is 9.06. The zero-order valence-corrected chi connectivity index (χ0v) is 15.0. The van der Waals surface area contributed by atoms with Crippen molar-refractivity contribution in [1.29, 1.82) is 0 Å². The smallest absolute Gasteiger partial charge is 0.326 e. The van der Waals surface area contributed by atoms with Gasteiger partial charge in [-0.15, -0.1) is 11.8 Å². The number of anilines is 2. The van der Waals surface area contributed by atoms with E-state index < -0.39 is 18.5 Å². The summed E-state index contributed by atoms with van der Waals surface area (Å²) < 4.78 is 5.02. The summed E-state index contributed by atoms with van der Waals surface area (Å²) in [6, 6.07) is 14.7. The Morgan fingerprint density at radius 2 is 2.00 bits per heavy atom. The molecule has 134 valence electrons. The van der Waals surface area contributed by atoms with Crippen molar-refractivity contribution in [3.8, 4) is 0 Å². The van der Waals surface area contributed by atoms with Gasteiger partial charge in [0.25, 0.3) is 5.91 Å². The molecule has 0 saturated heterocycles. The van der Waals surface area contributed by atoms with Crippen molar-refractivity contribution in [2.24, 2.45) is 0 Å². The van der Waals surface area contributed by atoms with Crippen molar-refractivity contribution < 1.29 is 19.1 Å². The molecule has 1 aliphatic rings. The van der Waals surface area contributed by atoms with E-state index in [1.54, 1.807) is 12.1 Å². The highest BCUT2D eigenvalue weighted by atomic mass is 32.2. The average molecular weight is 370 g/mol. The molecule has 2 aromatic rings. The predicted molar refractivity (Wildman–Crippen MR) is 100 cm³/mol. The molecule has 0 atom stereocenters. The van der Waals surface area contributed by atoms with Gasteiger partial charge in [-0.25, -0.2) is 0 Å². The lowest BCUT2D eigenvalue weighted by molar-refractivity contribution is -0.146. The fraction of sp³-hybridized carbons (Fsp3) is 0.211. The van der Waals surface area contributed by atoms with E-state index in [4.69, 9.17) is 4.74 Å². The number of esters is 1. The second-order valence-corrected chi connectivity index (χ2v) is 6.83. The minimum absolute atomic E-state index is 0.158. The van der Waals surface area contributed by atoms with Crippen LogP contribution in [0.25, 0.3) is 0 Å². The molecule has 1 N–H and O–H groups in total. The lowest BCUT2D eigenvalue weighted by Gasteiger charge is -2.27. The first-order valence-electron chi connectivity index (χ1n) is 8.07. The third kappa shape index (κ3) is 4.43. The monoisotopic (exact) mass is 370 g/mol. The molecule has 0 saturated carbocycles. The second kappa shape index (κ2) is 8.05. The summed E-state index contributed by atoms with van der Waals surface area (Å²) in [6.07, 6.45) is 0. The number of para-hydroxylation sites is 1. The summed E-state index contributed by atoms with van der Waals surface area (Å²) in [5, 5.41) is 2.67. The van der Waals surface area contributed by atoms with E-state index in [0.29, 0.717) is 11.4 Å². The number of carbonyl (C=O) groups excluding carboxylic acids is 3. The van der Waals surface area contributed by atoms with Crippen molar-refractivity contribution >= 4 is 40.9 Å². The van der Waals surface area contributed by atoms with Gasteiger partial charge >= 0.3 is 5.97 Å². The Bertz CT molecular complexity index is 853. The SMILES string of the molecule is Cc1cccc(NC(=O)COC(=O)CN2C(=O)CSc3ccccc32)c1. The molecular formula is C19H18N2O4S. The Morgan fingerprint density at radius 1 is 1.19 bits per heavy atom. The van der Waals surface area contributed by atoms with Crippen LogP contribution in [0.1, 0.15) is 5.56 Å². The third-order valence-electron chi connectivity index (χ3n) is 3.76. The molecule has 3 rings (SSSR count). The first kappa shape index (κ1) is 18.0. The Balaban J connectivity index is 1.54. The second-order valence-electron chi connectivity index (χ2n) is 5.81. The van der Waals surface area contributed by atoms with Gasteiger partial charge in [0.05, 0.1) is 11.4 Å². The molecule has 0 spiro atoms. The summed E-state index contributed by atoms with van der Waals surface area (Å²) >= 11 is 1.44. The maximum absolute atomic E-state index is 12.1. The number of nitrogens with zero attached hydrogens (tertiary/aromatic N) is 1. The summed E-state index contributed by atoms with van der Waals surface area (Å²) in [5.74, 6) is -0.933. The van der Waals surface area contributed by atoms with Crippen molar-refractivity contribution in [3.63, 3.8) is 0 Å². The van der Waals surface area contributed by atoms with Crippen LogP contribution in [0.4, 0.5) is 11.4 Å². The fourth-order valence-corrected chi connectivity index (χ4v) is 3.50. The Morgan fingerprint density at radius 3 is 2.81 bits per heavy atom. The average Bonchev–Trinajstić information content (AvgIpc) is 2.62. The van der Waals surface area contributed by atoms with Crippen LogP contribution in [-0.4, -0.2) is 36.7 Å². The Kier molecular flexibility index (Phi) is 5.58. The Hall–Kier alpha value is -2.80. The molecule has 0 unspecified atom stereocenters. The number of thioether (sulfide) groups is 1. The number of hydrogen-bond acceptors (Lipinski definition) is 5. The minimum Gasteiger partial charge on any atom is -0.454 e. The van der Waals surface area contributed by atoms with Gasteiger partial charge in [-0.3, -0.25) is 19.3 Å². The topological polar surface area (TPSA) is 75.7 Å². The van der Waals surface area contributed by atoms with E-state index in [-0.39, 0.29) is 18.2 Å². The summed E-state index contributed by atoms with van der Waals surface area (Å²) in [5.41, 5.74) is 2.35. The van der Waals surface area contributed by atoms with Gasteiger partial charge in [0, 0.05) is 10.6 Å². The van der Waals surface area contributed by atoms with E-state index in [2.05, 4.69) is 5.32 Å². The zero-order chi connectivity index (χ0) is 18.5. The van der Waals surface area contributed by atoms with Gasteiger partial charge in [0.2, 0.25) is 5.91 Å². The standard InChI is InChI=1S/C19H18N2O4S/c1-13-5-4-6-14(9-13)20-17(22)11-25-19(24)10-21-15-7-2-3-8-16(15)26-12-18(21)23/h2-9H,10-12H2,1H3,(H,20,22). The van der Waals surface area contributed by atoms with Crippen molar-refractivity contribution in [2.45, 2.75) is 11.8 Å². The minimum atomic E-state index is -0.626. The number of rotatable bonds is 5. The highest BCUT2D eigenvalue weighted by molar-refractivity contribution is 8.00. The number of aryl methyl sites for hydroxylation is 1. The zero-order valence-electron chi connectivity index (χ0n) is 14.2. The lowest BCUT2D eigenvalue weighted by Crippen LogP contribution is -2.40. The van der Waals surface area contributed by atoms with Gasteiger partial charge in [-0.05, 0) is 36.8 Å². The largest absolute Gasteiger partial charge is 0.454 e. The molecule has 7 heteroatoms. The maximum atomic E-state index is 12.1.